The number of anilines is 1. The second kappa shape index (κ2) is 11.9. The Kier molecular flexibility index (Phi) is 8.48. The van der Waals surface area contributed by atoms with Crippen LogP contribution in [0.5, 0.6) is 5.75 Å². The highest BCUT2D eigenvalue weighted by Gasteiger charge is 2.21. The predicted octanol–water partition coefficient (Wildman–Crippen LogP) is 4.42. The van der Waals surface area contributed by atoms with Gasteiger partial charge >= 0.3 is 5.97 Å². The average Bonchev–Trinajstić information content (AvgIpc) is 2.88. The Morgan fingerprint density at radius 1 is 1.06 bits per heavy atom. The van der Waals surface area contributed by atoms with Crippen molar-refractivity contribution < 1.29 is 19.0 Å². The Labute approximate surface area is 211 Å². The van der Waals surface area contributed by atoms with Crippen molar-refractivity contribution in [1.29, 1.82) is 0 Å². The fraction of sp³-hybridized carbons (Fsp3) is 0.393. The molecule has 1 aliphatic rings. The highest BCUT2D eigenvalue weighted by molar-refractivity contribution is 5.88. The van der Waals surface area contributed by atoms with Gasteiger partial charge in [-0.2, -0.15) is 0 Å². The molecule has 7 nitrogen and oxygen atoms in total. The molecule has 0 radical (unpaired) electrons. The van der Waals surface area contributed by atoms with E-state index in [1.54, 1.807) is 12.1 Å². The van der Waals surface area contributed by atoms with E-state index < -0.39 is 5.97 Å². The van der Waals surface area contributed by atoms with Crippen LogP contribution in [0.15, 0.2) is 54.7 Å². The van der Waals surface area contributed by atoms with Gasteiger partial charge < -0.3 is 14.7 Å². The molecule has 1 saturated heterocycles. The average molecular weight is 493 g/mol. The SMILES string of the molecule is CC(C)c1ccccc1OCCN1CCN(c2ncc(C(=O)O)c(CCc3ccc(F)cc3)n2)CC1. The molecule has 1 aliphatic heterocycles. The van der Waals surface area contributed by atoms with Gasteiger partial charge in [-0.25, -0.2) is 19.2 Å². The fourth-order valence-corrected chi connectivity index (χ4v) is 4.39. The van der Waals surface area contributed by atoms with E-state index in [0.717, 1.165) is 44.0 Å². The Bertz CT molecular complexity index is 1160. The van der Waals surface area contributed by atoms with Gasteiger partial charge in [-0.1, -0.05) is 44.2 Å². The summed E-state index contributed by atoms with van der Waals surface area (Å²) < 4.78 is 19.3. The zero-order chi connectivity index (χ0) is 25.5. The van der Waals surface area contributed by atoms with Crippen LogP contribution >= 0.6 is 0 Å². The lowest BCUT2D eigenvalue weighted by Gasteiger charge is -2.34. The highest BCUT2D eigenvalue weighted by atomic mass is 19.1. The molecule has 1 aromatic heterocycles. The highest BCUT2D eigenvalue weighted by Crippen LogP contribution is 2.26. The van der Waals surface area contributed by atoms with Gasteiger partial charge in [-0.15, -0.1) is 0 Å². The number of carboxylic acid groups (broad SMARTS) is 1. The van der Waals surface area contributed by atoms with Crippen molar-refractivity contribution in [2.45, 2.75) is 32.6 Å². The third-order valence-electron chi connectivity index (χ3n) is 6.51. The number of hydrogen-bond acceptors (Lipinski definition) is 6. The first-order chi connectivity index (χ1) is 17.4. The number of rotatable bonds is 10. The first kappa shape index (κ1) is 25.6. The first-order valence-corrected chi connectivity index (χ1v) is 12.4. The summed E-state index contributed by atoms with van der Waals surface area (Å²) in [5.41, 5.74) is 2.76. The van der Waals surface area contributed by atoms with Gasteiger partial charge in [0, 0.05) is 38.9 Å². The van der Waals surface area contributed by atoms with E-state index in [0.29, 0.717) is 37.0 Å². The van der Waals surface area contributed by atoms with Crippen LogP contribution < -0.4 is 9.64 Å². The minimum atomic E-state index is -1.04. The minimum Gasteiger partial charge on any atom is -0.492 e. The van der Waals surface area contributed by atoms with Crippen LogP contribution in [0.4, 0.5) is 10.3 Å². The van der Waals surface area contributed by atoms with E-state index in [2.05, 4.69) is 39.7 Å². The third-order valence-corrected chi connectivity index (χ3v) is 6.51. The van der Waals surface area contributed by atoms with Gasteiger partial charge in [-0.3, -0.25) is 4.90 Å². The molecule has 0 atom stereocenters. The maximum Gasteiger partial charge on any atom is 0.339 e. The minimum absolute atomic E-state index is 0.110. The molecular weight excluding hydrogens is 459 g/mol. The van der Waals surface area contributed by atoms with E-state index in [9.17, 15) is 14.3 Å². The third kappa shape index (κ3) is 6.57. The molecule has 36 heavy (non-hydrogen) atoms. The van der Waals surface area contributed by atoms with E-state index in [1.807, 2.05) is 18.2 Å². The number of ether oxygens (including phenoxy) is 1. The topological polar surface area (TPSA) is 78.8 Å². The number of hydrogen-bond donors (Lipinski definition) is 1. The number of carboxylic acids is 1. The van der Waals surface area contributed by atoms with Crippen molar-refractivity contribution in [2.24, 2.45) is 0 Å². The summed E-state index contributed by atoms with van der Waals surface area (Å²) in [5.74, 6) is 0.583. The number of aromatic nitrogens is 2. The molecule has 3 aromatic rings. The van der Waals surface area contributed by atoms with Crippen LogP contribution in [0.1, 0.15) is 46.9 Å². The smallest absolute Gasteiger partial charge is 0.339 e. The summed E-state index contributed by atoms with van der Waals surface area (Å²) in [6, 6.07) is 14.4. The Balaban J connectivity index is 1.32. The molecule has 1 fully saturated rings. The van der Waals surface area contributed by atoms with E-state index in [1.165, 1.54) is 23.9 Å². The van der Waals surface area contributed by atoms with Gasteiger partial charge in [0.05, 0.1) is 11.3 Å². The molecule has 190 valence electrons. The zero-order valence-electron chi connectivity index (χ0n) is 20.9. The number of aryl methyl sites for hydroxylation is 2. The molecule has 0 saturated carbocycles. The van der Waals surface area contributed by atoms with Crippen molar-refractivity contribution in [2.75, 3.05) is 44.2 Å². The van der Waals surface area contributed by atoms with Crippen LogP contribution in [0.3, 0.4) is 0 Å². The number of piperazine rings is 1. The number of para-hydroxylation sites is 1. The van der Waals surface area contributed by atoms with Gasteiger partial charge in [0.1, 0.15) is 18.2 Å². The van der Waals surface area contributed by atoms with Crippen molar-refractivity contribution in [3.05, 3.63) is 82.9 Å². The van der Waals surface area contributed by atoms with Crippen molar-refractivity contribution >= 4 is 11.9 Å². The molecule has 8 heteroatoms. The quantitative estimate of drug-likeness (QED) is 0.449. The van der Waals surface area contributed by atoms with Crippen LogP contribution in [-0.4, -0.2) is 65.3 Å². The number of carbonyl (C=O) groups is 1. The number of nitrogens with zero attached hydrogens (tertiary/aromatic N) is 4. The van der Waals surface area contributed by atoms with Crippen molar-refractivity contribution in [3.8, 4) is 5.75 Å². The van der Waals surface area contributed by atoms with Gasteiger partial charge in [0.2, 0.25) is 5.95 Å². The lowest BCUT2D eigenvalue weighted by atomic mass is 10.0. The standard InChI is InChI=1S/C28H33FN4O3/c1-20(2)23-5-3-4-6-26(23)36-18-17-32-13-15-33(16-14-32)28-30-19-24(27(34)35)25(31-28)12-9-21-7-10-22(29)11-8-21/h3-8,10-11,19-20H,9,12-18H2,1-2H3,(H,34,35). The lowest BCUT2D eigenvalue weighted by molar-refractivity contribution is 0.0694. The molecule has 0 aliphatic carbocycles. The summed E-state index contributed by atoms with van der Waals surface area (Å²) in [7, 11) is 0. The van der Waals surface area contributed by atoms with Crippen LogP contribution in [-0.2, 0) is 12.8 Å². The summed E-state index contributed by atoms with van der Waals surface area (Å²) in [6.45, 7) is 9.01. The van der Waals surface area contributed by atoms with Crippen LogP contribution in [0.25, 0.3) is 0 Å². The molecule has 0 bridgehead atoms. The largest absolute Gasteiger partial charge is 0.492 e. The molecule has 2 aromatic carbocycles. The molecule has 0 unspecified atom stereocenters. The maximum atomic E-state index is 13.2. The second-order valence-corrected chi connectivity index (χ2v) is 9.33. The van der Waals surface area contributed by atoms with Gasteiger partial charge in [0.15, 0.2) is 0 Å². The first-order valence-electron chi connectivity index (χ1n) is 12.4. The van der Waals surface area contributed by atoms with Gasteiger partial charge in [0.25, 0.3) is 0 Å². The Hall–Kier alpha value is -3.52. The maximum absolute atomic E-state index is 13.2. The Morgan fingerprint density at radius 3 is 2.47 bits per heavy atom. The van der Waals surface area contributed by atoms with Crippen LogP contribution in [0, 0.1) is 5.82 Å². The number of halogens is 1. The number of benzene rings is 2. The Morgan fingerprint density at radius 2 is 1.78 bits per heavy atom. The summed E-state index contributed by atoms with van der Waals surface area (Å²) in [4.78, 5) is 25.1. The summed E-state index contributed by atoms with van der Waals surface area (Å²) in [6.07, 6.45) is 2.42. The summed E-state index contributed by atoms with van der Waals surface area (Å²) >= 11 is 0. The van der Waals surface area contributed by atoms with E-state index >= 15 is 0 Å². The zero-order valence-corrected chi connectivity index (χ0v) is 20.9. The molecule has 0 amide bonds. The van der Waals surface area contributed by atoms with E-state index in [-0.39, 0.29) is 11.4 Å². The molecule has 2 heterocycles. The second-order valence-electron chi connectivity index (χ2n) is 9.33. The van der Waals surface area contributed by atoms with Gasteiger partial charge in [-0.05, 0) is 48.1 Å². The lowest BCUT2D eigenvalue weighted by Crippen LogP contribution is -2.48. The molecule has 1 N–H and O–H groups in total. The number of aromatic carboxylic acids is 1. The van der Waals surface area contributed by atoms with Crippen molar-refractivity contribution in [3.63, 3.8) is 0 Å². The fourth-order valence-electron chi connectivity index (χ4n) is 4.39. The summed E-state index contributed by atoms with van der Waals surface area (Å²) in [5, 5.41) is 9.59. The predicted molar refractivity (Wildman–Crippen MR) is 137 cm³/mol. The van der Waals surface area contributed by atoms with Crippen molar-refractivity contribution in [1.82, 2.24) is 14.9 Å². The van der Waals surface area contributed by atoms with E-state index in [4.69, 9.17) is 4.74 Å². The molecular formula is C28H33FN4O3. The van der Waals surface area contributed by atoms with Crippen LogP contribution in [0.2, 0.25) is 0 Å². The molecule has 4 rings (SSSR count). The monoisotopic (exact) mass is 492 g/mol. The molecule has 0 spiro atoms. The normalized spacial score (nSPS) is 14.3.